The summed E-state index contributed by atoms with van der Waals surface area (Å²) in [7, 11) is 4.21. The molecule has 0 aromatic heterocycles. The van der Waals surface area contributed by atoms with Crippen LogP contribution >= 0.6 is 10.1 Å². The zero-order valence-electron chi connectivity index (χ0n) is 9.30. The molecule has 0 radical (unpaired) electrons. The van der Waals surface area contributed by atoms with Crippen molar-refractivity contribution in [2.75, 3.05) is 0 Å². The summed E-state index contributed by atoms with van der Waals surface area (Å²) in [4.78, 5) is 0. The van der Waals surface area contributed by atoms with Gasteiger partial charge in [-0.05, 0) is 0 Å². The molecule has 0 aliphatic carbocycles. The van der Waals surface area contributed by atoms with Crippen molar-refractivity contribution in [1.29, 1.82) is 0 Å². The van der Waals surface area contributed by atoms with Crippen molar-refractivity contribution in [3.05, 3.63) is 85.6 Å². The van der Waals surface area contributed by atoms with E-state index in [1.807, 2.05) is 60.7 Å². The van der Waals surface area contributed by atoms with Crippen LogP contribution in [0.2, 0.25) is 0 Å². The molecular formula is C14H14SZn-2. The summed E-state index contributed by atoms with van der Waals surface area (Å²) in [6.45, 7) is 7.44. The topological polar surface area (TPSA) is 0 Å². The van der Waals surface area contributed by atoms with E-state index in [2.05, 4.69) is 24.0 Å². The molecule has 2 rings (SSSR count). The molecule has 2 aromatic carbocycles. The summed E-state index contributed by atoms with van der Waals surface area (Å²) in [6, 6.07) is 19.7. The van der Waals surface area contributed by atoms with E-state index in [1.165, 1.54) is 0 Å². The van der Waals surface area contributed by atoms with Gasteiger partial charge >= 0.3 is 26.7 Å². The number of rotatable bonds is 0. The van der Waals surface area contributed by atoms with Crippen LogP contribution in [0.25, 0.3) is 0 Å². The van der Waals surface area contributed by atoms with Gasteiger partial charge in [0.15, 0.2) is 0 Å². The van der Waals surface area contributed by atoms with Crippen molar-refractivity contribution in [1.82, 2.24) is 0 Å². The van der Waals surface area contributed by atoms with Crippen LogP contribution in [-0.4, -0.2) is 0 Å². The maximum absolute atomic E-state index is 4.21. The monoisotopic (exact) mass is 278 g/mol. The van der Waals surface area contributed by atoms with Gasteiger partial charge in [-0.25, -0.2) is 0 Å². The molecule has 0 fully saturated rings. The number of benzene rings is 2. The Morgan fingerprint density at radius 1 is 0.625 bits per heavy atom. The Morgan fingerprint density at radius 2 is 0.875 bits per heavy atom. The molecular weight excluding hydrogens is 266 g/mol. The molecule has 0 heterocycles. The first-order valence-electron chi connectivity index (χ1n) is 4.82. The van der Waals surface area contributed by atoms with Gasteiger partial charge in [-0.3, -0.25) is 0 Å². The Hall–Kier alpha value is -0.977. The van der Waals surface area contributed by atoms with Crippen LogP contribution in [0.3, 0.4) is 0 Å². The van der Waals surface area contributed by atoms with Crippen molar-refractivity contribution in [3.63, 3.8) is 0 Å². The van der Waals surface area contributed by atoms with Gasteiger partial charge in [0.05, 0.1) is 0 Å². The molecule has 0 aliphatic rings. The third-order valence-corrected chi connectivity index (χ3v) is 1.69. The van der Waals surface area contributed by atoms with Gasteiger partial charge < -0.3 is 0 Å². The zero-order valence-corrected chi connectivity index (χ0v) is 13.1. The van der Waals surface area contributed by atoms with Gasteiger partial charge in [0, 0.05) is 0 Å². The van der Waals surface area contributed by atoms with E-state index in [9.17, 15) is 0 Å². The average molecular weight is 280 g/mol. The number of hydrogen-bond acceptors (Lipinski definition) is 1. The van der Waals surface area contributed by atoms with Crippen LogP contribution in [0.1, 0.15) is 11.1 Å². The predicted octanol–water partition coefficient (Wildman–Crippen LogP) is 4.38. The molecule has 2 aromatic rings. The molecule has 0 atom stereocenters. The van der Waals surface area contributed by atoms with Crippen LogP contribution in [0.4, 0.5) is 0 Å². The standard InChI is InChI=1S/2C7H7.S.Zn/c2*1-7-5-3-2-4-6-7;;/h2*2-6H,1H2;;/q2*-1;;. The molecule has 2 heteroatoms. The first kappa shape index (κ1) is 15.0. The quantitative estimate of drug-likeness (QED) is 0.509. The van der Waals surface area contributed by atoms with Crippen molar-refractivity contribution < 1.29 is 16.6 Å². The van der Waals surface area contributed by atoms with E-state index in [0.717, 1.165) is 27.7 Å². The van der Waals surface area contributed by atoms with Gasteiger partial charge in [-0.1, -0.05) is 12.1 Å². The summed E-state index contributed by atoms with van der Waals surface area (Å²) < 4.78 is 0. The van der Waals surface area contributed by atoms with E-state index < -0.39 is 0 Å². The van der Waals surface area contributed by atoms with E-state index >= 15 is 0 Å². The zero-order chi connectivity index (χ0) is 12.2. The second-order valence-corrected chi connectivity index (χ2v) is 2.97. The number of hydrogen-bond donors (Lipinski definition) is 0. The molecule has 0 saturated carbocycles. The SMILES string of the molecule is [CH2-]c1ccccc1.[CH2-]c1ccccc1.[S]=[Zn]. The molecule has 0 nitrogen and oxygen atoms in total. The molecule has 16 heavy (non-hydrogen) atoms. The van der Waals surface area contributed by atoms with Crippen LogP contribution in [0.5, 0.6) is 0 Å². The minimum atomic E-state index is 0.958. The van der Waals surface area contributed by atoms with Gasteiger partial charge in [0.1, 0.15) is 0 Å². The third-order valence-electron chi connectivity index (χ3n) is 1.69. The molecule has 0 spiro atoms. The second-order valence-electron chi connectivity index (χ2n) is 2.97. The van der Waals surface area contributed by atoms with E-state index in [4.69, 9.17) is 0 Å². The van der Waals surface area contributed by atoms with Gasteiger partial charge in [0.2, 0.25) is 0 Å². The van der Waals surface area contributed by atoms with Gasteiger partial charge in [-0.2, -0.15) is 49.2 Å². The van der Waals surface area contributed by atoms with E-state index in [0.29, 0.717) is 0 Å². The van der Waals surface area contributed by atoms with E-state index in [1.54, 1.807) is 0 Å². The fourth-order valence-corrected chi connectivity index (χ4v) is 0.956. The minimum absolute atomic E-state index is 0.958. The fraction of sp³-hybridized carbons (Fsp3) is 0. The normalized spacial score (nSPS) is 7.88. The fourth-order valence-electron chi connectivity index (χ4n) is 0.956. The van der Waals surface area contributed by atoms with E-state index in [-0.39, 0.29) is 0 Å². The van der Waals surface area contributed by atoms with Crippen LogP contribution in [0.15, 0.2) is 60.7 Å². The molecule has 0 aliphatic heterocycles. The molecule has 0 amide bonds. The first-order valence-corrected chi connectivity index (χ1v) is 9.03. The van der Waals surface area contributed by atoms with Crippen LogP contribution < -0.4 is 0 Å². The summed E-state index contributed by atoms with van der Waals surface area (Å²) in [5.74, 6) is 0. The Morgan fingerprint density at radius 3 is 1.00 bits per heavy atom. The Kier molecular flexibility index (Phi) is 9.89. The van der Waals surface area contributed by atoms with Gasteiger partial charge in [0.25, 0.3) is 0 Å². The average Bonchev–Trinajstić information content (AvgIpc) is 2.34. The predicted molar refractivity (Wildman–Crippen MR) is 69.4 cm³/mol. The van der Waals surface area contributed by atoms with Crippen molar-refractivity contribution in [2.24, 2.45) is 0 Å². The molecule has 0 N–H and O–H groups in total. The Labute approximate surface area is 112 Å². The van der Waals surface area contributed by atoms with Gasteiger partial charge in [-0.15, -0.1) is 24.3 Å². The maximum atomic E-state index is 4.21. The molecule has 80 valence electrons. The van der Waals surface area contributed by atoms with Crippen LogP contribution in [0, 0.1) is 13.8 Å². The second kappa shape index (κ2) is 10.5. The summed E-state index contributed by atoms with van der Waals surface area (Å²) >= 11 is 0.958. The third kappa shape index (κ3) is 8.34. The van der Waals surface area contributed by atoms with Crippen molar-refractivity contribution >= 4 is 10.1 Å². The van der Waals surface area contributed by atoms with Crippen LogP contribution in [-0.2, 0) is 16.6 Å². The summed E-state index contributed by atoms with van der Waals surface area (Å²) in [6.07, 6.45) is 0. The Balaban J connectivity index is 0.000000244. The first-order chi connectivity index (χ1) is 7.79. The molecule has 0 saturated heterocycles. The molecule has 0 bridgehead atoms. The summed E-state index contributed by atoms with van der Waals surface area (Å²) in [5.41, 5.74) is 2.14. The van der Waals surface area contributed by atoms with Crippen molar-refractivity contribution in [3.8, 4) is 0 Å². The molecule has 0 unspecified atom stereocenters. The Bertz CT molecular complexity index is 322. The summed E-state index contributed by atoms with van der Waals surface area (Å²) in [5, 5.41) is 0. The van der Waals surface area contributed by atoms with Crippen molar-refractivity contribution in [2.45, 2.75) is 0 Å².